The van der Waals surface area contributed by atoms with Crippen LogP contribution in [-0.2, 0) is 0 Å². The standard InChI is InChI=1S/C24H16N2O2/c1-3-7-21-17(5-1)25-19-11-9-15(13-23(19)27-21)16-10-12-20-24(14-16)28-22-8-4-2-6-18(22)26-20/h1-14,25-26H. The average Bonchev–Trinajstić information content (AvgIpc) is 2.75. The highest BCUT2D eigenvalue weighted by Gasteiger charge is 2.19. The summed E-state index contributed by atoms with van der Waals surface area (Å²) in [7, 11) is 0. The lowest BCUT2D eigenvalue weighted by molar-refractivity contribution is 0.480. The first-order valence-corrected chi connectivity index (χ1v) is 9.20. The molecule has 2 aliphatic rings. The Morgan fingerprint density at radius 1 is 0.429 bits per heavy atom. The molecule has 134 valence electrons. The highest BCUT2D eigenvalue weighted by atomic mass is 16.5. The van der Waals surface area contributed by atoms with Crippen molar-refractivity contribution in [2.45, 2.75) is 0 Å². The lowest BCUT2D eigenvalue weighted by Crippen LogP contribution is -2.03. The molecule has 28 heavy (non-hydrogen) atoms. The van der Waals surface area contributed by atoms with Crippen LogP contribution >= 0.6 is 0 Å². The number of hydrogen-bond donors (Lipinski definition) is 2. The lowest BCUT2D eigenvalue weighted by atomic mass is 10.0. The van der Waals surface area contributed by atoms with E-state index in [-0.39, 0.29) is 0 Å². The summed E-state index contributed by atoms with van der Waals surface area (Å²) in [6.07, 6.45) is 0. The van der Waals surface area contributed by atoms with E-state index in [1.807, 2.05) is 48.5 Å². The molecule has 0 radical (unpaired) electrons. The van der Waals surface area contributed by atoms with Gasteiger partial charge in [-0.15, -0.1) is 0 Å². The van der Waals surface area contributed by atoms with Crippen molar-refractivity contribution in [2.75, 3.05) is 10.6 Å². The summed E-state index contributed by atoms with van der Waals surface area (Å²) >= 11 is 0. The van der Waals surface area contributed by atoms with Crippen LogP contribution in [0.3, 0.4) is 0 Å². The topological polar surface area (TPSA) is 42.5 Å². The molecule has 0 aliphatic carbocycles. The quantitative estimate of drug-likeness (QED) is 0.328. The van der Waals surface area contributed by atoms with E-state index in [2.05, 4.69) is 47.0 Å². The third-order valence-corrected chi connectivity index (χ3v) is 5.05. The van der Waals surface area contributed by atoms with Crippen molar-refractivity contribution in [2.24, 2.45) is 0 Å². The fraction of sp³-hybridized carbons (Fsp3) is 0. The van der Waals surface area contributed by atoms with Crippen LogP contribution in [0.25, 0.3) is 11.1 Å². The first-order valence-electron chi connectivity index (χ1n) is 9.20. The fourth-order valence-electron chi connectivity index (χ4n) is 3.62. The number of anilines is 4. The van der Waals surface area contributed by atoms with Gasteiger partial charge in [0.1, 0.15) is 0 Å². The SMILES string of the molecule is c1ccc2c(c1)Nc1ccc(-c3ccc4c(c3)Oc3ccccc3N4)cc1O2. The summed E-state index contributed by atoms with van der Waals surface area (Å²) < 4.78 is 12.2. The van der Waals surface area contributed by atoms with Crippen LogP contribution in [-0.4, -0.2) is 0 Å². The zero-order chi connectivity index (χ0) is 18.5. The number of benzene rings is 4. The predicted molar refractivity (Wildman–Crippen MR) is 111 cm³/mol. The van der Waals surface area contributed by atoms with Gasteiger partial charge < -0.3 is 20.1 Å². The summed E-state index contributed by atoms with van der Waals surface area (Å²) in [4.78, 5) is 0. The Labute approximate surface area is 162 Å². The van der Waals surface area contributed by atoms with Crippen molar-refractivity contribution in [1.29, 1.82) is 0 Å². The molecule has 6 rings (SSSR count). The number of nitrogens with one attached hydrogen (secondary N) is 2. The van der Waals surface area contributed by atoms with Crippen molar-refractivity contribution in [3.05, 3.63) is 84.9 Å². The molecule has 2 N–H and O–H groups in total. The molecule has 0 amide bonds. The van der Waals surface area contributed by atoms with Crippen molar-refractivity contribution < 1.29 is 9.47 Å². The maximum atomic E-state index is 6.09. The second-order valence-electron chi connectivity index (χ2n) is 6.87. The second kappa shape index (κ2) is 5.79. The molecule has 4 aromatic rings. The van der Waals surface area contributed by atoms with E-state index in [0.717, 1.165) is 56.9 Å². The summed E-state index contributed by atoms with van der Waals surface area (Å²) in [5.74, 6) is 3.31. The van der Waals surface area contributed by atoms with Crippen LogP contribution in [0.1, 0.15) is 0 Å². The number of rotatable bonds is 1. The van der Waals surface area contributed by atoms with Crippen LogP contribution in [0.4, 0.5) is 22.7 Å². The Morgan fingerprint density at radius 2 is 0.857 bits per heavy atom. The van der Waals surface area contributed by atoms with E-state index in [1.165, 1.54) is 0 Å². The van der Waals surface area contributed by atoms with E-state index in [9.17, 15) is 0 Å². The van der Waals surface area contributed by atoms with E-state index >= 15 is 0 Å². The van der Waals surface area contributed by atoms with Crippen LogP contribution in [0.15, 0.2) is 84.9 Å². The van der Waals surface area contributed by atoms with Gasteiger partial charge in [-0.25, -0.2) is 0 Å². The van der Waals surface area contributed by atoms with Gasteiger partial charge in [-0.3, -0.25) is 0 Å². The molecule has 4 nitrogen and oxygen atoms in total. The molecule has 0 saturated carbocycles. The van der Waals surface area contributed by atoms with Crippen LogP contribution in [0.5, 0.6) is 23.0 Å². The van der Waals surface area contributed by atoms with Gasteiger partial charge >= 0.3 is 0 Å². The third kappa shape index (κ3) is 2.39. The van der Waals surface area contributed by atoms with Crippen molar-refractivity contribution in [3.8, 4) is 34.1 Å². The highest BCUT2D eigenvalue weighted by Crippen LogP contribution is 2.46. The van der Waals surface area contributed by atoms with Crippen molar-refractivity contribution in [1.82, 2.24) is 0 Å². The van der Waals surface area contributed by atoms with E-state index in [1.54, 1.807) is 0 Å². The monoisotopic (exact) mass is 364 g/mol. The van der Waals surface area contributed by atoms with Gasteiger partial charge in [0.25, 0.3) is 0 Å². The highest BCUT2D eigenvalue weighted by molar-refractivity contribution is 5.82. The molecule has 2 aliphatic heterocycles. The smallest absolute Gasteiger partial charge is 0.151 e. The minimum Gasteiger partial charge on any atom is -0.453 e. The molecular weight excluding hydrogens is 348 g/mol. The summed E-state index contributed by atoms with van der Waals surface area (Å²) in [5, 5.41) is 6.84. The fourth-order valence-corrected chi connectivity index (χ4v) is 3.62. The van der Waals surface area contributed by atoms with Gasteiger partial charge in [0, 0.05) is 0 Å². The van der Waals surface area contributed by atoms with Gasteiger partial charge in [-0.1, -0.05) is 36.4 Å². The summed E-state index contributed by atoms with van der Waals surface area (Å²) in [6.45, 7) is 0. The minimum atomic E-state index is 0.818. The first-order chi connectivity index (χ1) is 13.8. The molecule has 0 fully saturated rings. The van der Waals surface area contributed by atoms with Crippen molar-refractivity contribution in [3.63, 3.8) is 0 Å². The zero-order valence-corrected chi connectivity index (χ0v) is 14.9. The molecule has 0 spiro atoms. The number of ether oxygens (including phenoxy) is 2. The Bertz CT molecular complexity index is 1140. The molecule has 0 bridgehead atoms. The molecule has 0 saturated heterocycles. The van der Waals surface area contributed by atoms with Gasteiger partial charge in [-0.05, 0) is 59.7 Å². The van der Waals surface area contributed by atoms with Crippen LogP contribution in [0.2, 0.25) is 0 Å². The second-order valence-corrected chi connectivity index (χ2v) is 6.87. The lowest BCUT2D eigenvalue weighted by Gasteiger charge is -2.23. The molecule has 0 atom stereocenters. The first kappa shape index (κ1) is 15.2. The molecule has 0 aromatic heterocycles. The minimum absolute atomic E-state index is 0.818. The molecule has 4 heteroatoms. The predicted octanol–water partition coefficient (Wildman–Crippen LogP) is 7.05. The van der Waals surface area contributed by atoms with E-state index in [0.29, 0.717) is 0 Å². The van der Waals surface area contributed by atoms with Gasteiger partial charge in [0.15, 0.2) is 23.0 Å². The normalized spacial score (nSPS) is 12.7. The van der Waals surface area contributed by atoms with Crippen LogP contribution in [0, 0.1) is 0 Å². The Hall–Kier alpha value is -3.92. The Balaban J connectivity index is 1.36. The summed E-state index contributed by atoms with van der Waals surface area (Å²) in [6, 6.07) is 28.3. The van der Waals surface area contributed by atoms with E-state index < -0.39 is 0 Å². The number of hydrogen-bond acceptors (Lipinski definition) is 4. The number of para-hydroxylation sites is 4. The Kier molecular flexibility index (Phi) is 3.14. The van der Waals surface area contributed by atoms with Gasteiger partial charge in [0.2, 0.25) is 0 Å². The third-order valence-electron chi connectivity index (χ3n) is 5.05. The zero-order valence-electron chi connectivity index (χ0n) is 14.9. The molecule has 0 unspecified atom stereocenters. The maximum Gasteiger partial charge on any atom is 0.151 e. The molecule has 4 aromatic carbocycles. The Morgan fingerprint density at radius 3 is 1.36 bits per heavy atom. The number of fused-ring (bicyclic) bond motifs is 4. The molecule has 2 heterocycles. The maximum absolute atomic E-state index is 6.09. The largest absolute Gasteiger partial charge is 0.453 e. The van der Waals surface area contributed by atoms with Gasteiger partial charge in [0.05, 0.1) is 22.7 Å². The van der Waals surface area contributed by atoms with Crippen LogP contribution < -0.4 is 20.1 Å². The van der Waals surface area contributed by atoms with Crippen molar-refractivity contribution >= 4 is 22.7 Å². The van der Waals surface area contributed by atoms with E-state index in [4.69, 9.17) is 9.47 Å². The average molecular weight is 364 g/mol. The van der Waals surface area contributed by atoms with Gasteiger partial charge in [-0.2, -0.15) is 0 Å². The molecular formula is C24H16N2O2. The summed E-state index contributed by atoms with van der Waals surface area (Å²) in [5.41, 5.74) is 6.04.